The molecule has 1 saturated carbocycles. The summed E-state index contributed by atoms with van der Waals surface area (Å²) in [7, 11) is 0. The highest BCUT2D eigenvalue weighted by atomic mass is 16.5. The fraction of sp³-hybridized carbons (Fsp3) is 0.500. The number of aliphatic carboxylic acids is 1. The molecule has 1 amide bonds. The molecule has 1 aromatic carbocycles. The van der Waals surface area contributed by atoms with Gasteiger partial charge in [0.2, 0.25) is 5.91 Å². The van der Waals surface area contributed by atoms with E-state index in [0.29, 0.717) is 11.4 Å². The molecule has 0 spiro atoms. The largest absolute Gasteiger partial charge is 0.480 e. The molecule has 1 aromatic rings. The summed E-state index contributed by atoms with van der Waals surface area (Å²) in [6.07, 6.45) is 2.99. The Morgan fingerprint density at radius 3 is 2.71 bits per heavy atom. The van der Waals surface area contributed by atoms with Gasteiger partial charge in [0.25, 0.3) is 0 Å². The molecule has 2 rings (SSSR count). The fourth-order valence-electron chi connectivity index (χ4n) is 2.87. The third-order valence-corrected chi connectivity index (χ3v) is 4.07. The number of carboxylic acid groups (broad SMARTS) is 1. The van der Waals surface area contributed by atoms with Gasteiger partial charge in [-0.15, -0.1) is 0 Å². The van der Waals surface area contributed by atoms with Crippen LogP contribution < -0.4 is 10.1 Å². The maximum Gasteiger partial charge on any atom is 0.341 e. The topological polar surface area (TPSA) is 75.6 Å². The molecular weight excluding hydrogens is 270 g/mol. The normalized spacial score (nSPS) is 20.0. The van der Waals surface area contributed by atoms with Gasteiger partial charge in [0.1, 0.15) is 5.75 Å². The number of carboxylic acids is 1. The van der Waals surface area contributed by atoms with Crippen molar-refractivity contribution < 1.29 is 19.4 Å². The molecule has 5 nitrogen and oxygen atoms in total. The molecule has 0 aromatic heterocycles. The number of carbonyl (C=O) groups excluding carboxylic acids is 1. The zero-order valence-corrected chi connectivity index (χ0v) is 12.4. The SMILES string of the molecule is CC1(C)CCCC1C(=O)Nc1ccccc1OCC(=O)O. The monoisotopic (exact) mass is 291 g/mol. The van der Waals surface area contributed by atoms with Crippen molar-refractivity contribution in [3.8, 4) is 5.75 Å². The van der Waals surface area contributed by atoms with E-state index in [9.17, 15) is 9.59 Å². The maximum absolute atomic E-state index is 12.4. The Labute approximate surface area is 124 Å². The number of nitrogens with one attached hydrogen (secondary N) is 1. The highest BCUT2D eigenvalue weighted by Gasteiger charge is 2.39. The molecule has 114 valence electrons. The summed E-state index contributed by atoms with van der Waals surface area (Å²) < 4.78 is 5.20. The molecule has 1 fully saturated rings. The summed E-state index contributed by atoms with van der Waals surface area (Å²) >= 11 is 0. The van der Waals surface area contributed by atoms with Crippen LogP contribution in [0.5, 0.6) is 5.75 Å². The molecule has 0 saturated heterocycles. The molecule has 2 N–H and O–H groups in total. The van der Waals surface area contributed by atoms with E-state index in [4.69, 9.17) is 9.84 Å². The minimum absolute atomic E-state index is 0.000941. The summed E-state index contributed by atoms with van der Waals surface area (Å²) in [6, 6.07) is 6.89. The van der Waals surface area contributed by atoms with Crippen LogP contribution >= 0.6 is 0 Å². The predicted molar refractivity (Wildman–Crippen MR) is 79.3 cm³/mol. The first-order valence-electron chi connectivity index (χ1n) is 7.14. The zero-order chi connectivity index (χ0) is 15.5. The summed E-state index contributed by atoms with van der Waals surface area (Å²) in [6.45, 7) is 3.79. The van der Waals surface area contributed by atoms with Crippen LogP contribution in [0.1, 0.15) is 33.1 Å². The van der Waals surface area contributed by atoms with Gasteiger partial charge in [-0.3, -0.25) is 4.79 Å². The molecule has 1 atom stereocenters. The molecule has 0 heterocycles. The Morgan fingerprint density at radius 2 is 2.10 bits per heavy atom. The van der Waals surface area contributed by atoms with Gasteiger partial charge in [-0.05, 0) is 30.4 Å². The van der Waals surface area contributed by atoms with E-state index >= 15 is 0 Å². The van der Waals surface area contributed by atoms with Crippen molar-refractivity contribution in [2.75, 3.05) is 11.9 Å². The highest BCUT2D eigenvalue weighted by Crippen LogP contribution is 2.43. The molecule has 1 aliphatic carbocycles. The van der Waals surface area contributed by atoms with Crippen molar-refractivity contribution in [1.82, 2.24) is 0 Å². The van der Waals surface area contributed by atoms with Crippen LogP contribution in [0, 0.1) is 11.3 Å². The average Bonchev–Trinajstić information content (AvgIpc) is 2.77. The van der Waals surface area contributed by atoms with Crippen LogP contribution in [0.3, 0.4) is 0 Å². The van der Waals surface area contributed by atoms with Gasteiger partial charge in [-0.2, -0.15) is 0 Å². The van der Waals surface area contributed by atoms with Gasteiger partial charge in [0.15, 0.2) is 6.61 Å². The van der Waals surface area contributed by atoms with Gasteiger partial charge in [-0.1, -0.05) is 32.4 Å². The van der Waals surface area contributed by atoms with Crippen molar-refractivity contribution >= 4 is 17.6 Å². The van der Waals surface area contributed by atoms with Gasteiger partial charge in [0.05, 0.1) is 5.69 Å². The molecule has 1 aliphatic rings. The van der Waals surface area contributed by atoms with Crippen molar-refractivity contribution in [3.63, 3.8) is 0 Å². The Bertz CT molecular complexity index is 539. The number of para-hydroxylation sites is 2. The highest BCUT2D eigenvalue weighted by molar-refractivity contribution is 5.94. The predicted octanol–water partition coefficient (Wildman–Crippen LogP) is 2.91. The van der Waals surface area contributed by atoms with E-state index in [1.54, 1.807) is 24.3 Å². The molecule has 5 heteroatoms. The third-order valence-electron chi connectivity index (χ3n) is 4.07. The minimum atomic E-state index is -1.05. The van der Waals surface area contributed by atoms with E-state index in [1.807, 2.05) is 0 Å². The van der Waals surface area contributed by atoms with Crippen LogP contribution in [0.15, 0.2) is 24.3 Å². The van der Waals surface area contributed by atoms with E-state index < -0.39 is 12.6 Å². The smallest absolute Gasteiger partial charge is 0.341 e. The summed E-state index contributed by atoms with van der Waals surface area (Å²) in [4.78, 5) is 23.0. The fourth-order valence-corrected chi connectivity index (χ4v) is 2.87. The van der Waals surface area contributed by atoms with Crippen molar-refractivity contribution in [1.29, 1.82) is 0 Å². The van der Waals surface area contributed by atoms with Crippen LogP contribution in [0.25, 0.3) is 0 Å². The van der Waals surface area contributed by atoms with Gasteiger partial charge >= 0.3 is 5.97 Å². The van der Waals surface area contributed by atoms with E-state index in [-0.39, 0.29) is 17.2 Å². The van der Waals surface area contributed by atoms with E-state index in [1.165, 1.54) is 0 Å². The molecule has 0 bridgehead atoms. The second kappa shape index (κ2) is 6.16. The Balaban J connectivity index is 2.08. The first-order chi connectivity index (χ1) is 9.90. The number of anilines is 1. The number of carbonyl (C=O) groups is 2. The van der Waals surface area contributed by atoms with Crippen molar-refractivity contribution in [3.05, 3.63) is 24.3 Å². The number of rotatable bonds is 5. The van der Waals surface area contributed by atoms with E-state index in [0.717, 1.165) is 19.3 Å². The molecule has 0 radical (unpaired) electrons. The summed E-state index contributed by atoms with van der Waals surface area (Å²) in [5, 5.41) is 11.6. The van der Waals surface area contributed by atoms with Gasteiger partial charge < -0.3 is 15.2 Å². The van der Waals surface area contributed by atoms with Crippen LogP contribution in [-0.4, -0.2) is 23.6 Å². The first-order valence-corrected chi connectivity index (χ1v) is 7.14. The minimum Gasteiger partial charge on any atom is -0.480 e. The second-order valence-corrected chi connectivity index (χ2v) is 6.10. The maximum atomic E-state index is 12.4. The number of amides is 1. The quantitative estimate of drug-likeness (QED) is 0.874. The van der Waals surface area contributed by atoms with Crippen LogP contribution in [0.4, 0.5) is 5.69 Å². The van der Waals surface area contributed by atoms with Gasteiger partial charge in [0, 0.05) is 5.92 Å². The number of benzene rings is 1. The standard InChI is InChI=1S/C16H21NO4/c1-16(2)9-5-6-11(16)15(20)17-12-7-3-4-8-13(12)21-10-14(18)19/h3-4,7-8,11H,5-6,9-10H2,1-2H3,(H,17,20)(H,18,19). The van der Waals surface area contributed by atoms with Crippen molar-refractivity contribution in [2.45, 2.75) is 33.1 Å². The Kier molecular flexibility index (Phi) is 4.50. The first kappa shape index (κ1) is 15.4. The summed E-state index contributed by atoms with van der Waals surface area (Å²) in [5.74, 6) is -0.717. The lowest BCUT2D eigenvalue weighted by Crippen LogP contribution is -2.31. The molecule has 1 unspecified atom stereocenters. The lowest BCUT2D eigenvalue weighted by atomic mass is 9.81. The van der Waals surface area contributed by atoms with E-state index in [2.05, 4.69) is 19.2 Å². The number of hydrogen-bond donors (Lipinski definition) is 2. The molecule has 21 heavy (non-hydrogen) atoms. The second-order valence-electron chi connectivity index (χ2n) is 6.10. The molecule has 0 aliphatic heterocycles. The zero-order valence-electron chi connectivity index (χ0n) is 12.4. The Hall–Kier alpha value is -2.04. The lowest BCUT2D eigenvalue weighted by molar-refractivity contribution is -0.139. The molecular formula is C16H21NO4. The van der Waals surface area contributed by atoms with Crippen LogP contribution in [0.2, 0.25) is 0 Å². The number of hydrogen-bond acceptors (Lipinski definition) is 3. The Morgan fingerprint density at radius 1 is 1.38 bits per heavy atom. The number of ether oxygens (including phenoxy) is 1. The average molecular weight is 291 g/mol. The third kappa shape index (κ3) is 3.74. The summed E-state index contributed by atoms with van der Waals surface area (Å²) in [5.41, 5.74) is 0.521. The van der Waals surface area contributed by atoms with Gasteiger partial charge in [-0.25, -0.2) is 4.79 Å². The van der Waals surface area contributed by atoms with Crippen molar-refractivity contribution in [2.24, 2.45) is 11.3 Å². The van der Waals surface area contributed by atoms with Crippen LogP contribution in [-0.2, 0) is 9.59 Å². The lowest BCUT2D eigenvalue weighted by Gasteiger charge is -2.26.